The van der Waals surface area contributed by atoms with Crippen LogP contribution < -0.4 is 5.73 Å². The monoisotopic (exact) mass is 168 g/mol. The van der Waals surface area contributed by atoms with Crippen molar-refractivity contribution < 1.29 is 4.79 Å². The van der Waals surface area contributed by atoms with Gasteiger partial charge in [-0.2, -0.15) is 0 Å². The number of carbonyl (C=O) groups excluding carboxylic acids is 1. The highest BCUT2D eigenvalue weighted by Gasteiger charge is 2.15. The van der Waals surface area contributed by atoms with Gasteiger partial charge in [-0.15, -0.1) is 6.58 Å². The van der Waals surface area contributed by atoms with Gasteiger partial charge >= 0.3 is 0 Å². The molecule has 1 saturated heterocycles. The molecule has 0 aromatic heterocycles. The molecule has 0 aromatic rings. The molecule has 0 spiro atoms. The number of hydrogen-bond acceptors (Lipinski definition) is 2. The zero-order valence-electron chi connectivity index (χ0n) is 7.33. The van der Waals surface area contributed by atoms with Crippen molar-refractivity contribution in [2.24, 2.45) is 5.73 Å². The molecule has 0 aromatic carbocycles. The highest BCUT2D eigenvalue weighted by molar-refractivity contribution is 5.78. The van der Waals surface area contributed by atoms with E-state index in [1.165, 1.54) is 0 Å². The van der Waals surface area contributed by atoms with E-state index in [2.05, 4.69) is 13.2 Å². The molecule has 3 heteroatoms. The SMILES string of the molecule is C=CCN.C=CN1CCCC1=O. The van der Waals surface area contributed by atoms with Crippen LogP contribution in [0.25, 0.3) is 0 Å². The van der Waals surface area contributed by atoms with E-state index in [0.29, 0.717) is 13.0 Å². The Hall–Kier alpha value is -1.09. The van der Waals surface area contributed by atoms with Gasteiger partial charge in [0, 0.05) is 19.5 Å². The molecule has 1 aliphatic heterocycles. The summed E-state index contributed by atoms with van der Waals surface area (Å²) in [4.78, 5) is 12.3. The van der Waals surface area contributed by atoms with Gasteiger partial charge in [-0.1, -0.05) is 12.7 Å². The van der Waals surface area contributed by atoms with Gasteiger partial charge < -0.3 is 10.6 Å². The molecule has 1 aliphatic rings. The van der Waals surface area contributed by atoms with Gasteiger partial charge in [0.25, 0.3) is 0 Å². The second-order valence-electron chi connectivity index (χ2n) is 2.40. The zero-order valence-corrected chi connectivity index (χ0v) is 7.33. The summed E-state index contributed by atoms with van der Waals surface area (Å²) in [7, 11) is 0. The van der Waals surface area contributed by atoms with E-state index in [1.807, 2.05) is 0 Å². The number of carbonyl (C=O) groups is 1. The summed E-state index contributed by atoms with van der Waals surface area (Å²) in [6.07, 6.45) is 4.94. The third-order valence-corrected chi connectivity index (χ3v) is 1.50. The van der Waals surface area contributed by atoms with Gasteiger partial charge in [-0.25, -0.2) is 0 Å². The minimum absolute atomic E-state index is 0.208. The number of nitrogens with two attached hydrogens (primary N) is 1. The third kappa shape index (κ3) is 3.93. The van der Waals surface area contributed by atoms with Crippen molar-refractivity contribution in [2.45, 2.75) is 12.8 Å². The molecule has 0 bridgehead atoms. The van der Waals surface area contributed by atoms with E-state index < -0.39 is 0 Å². The molecule has 2 N–H and O–H groups in total. The molecule has 1 fully saturated rings. The number of likely N-dealkylation sites (tertiary alicyclic amines) is 1. The molecule has 0 saturated carbocycles. The summed E-state index contributed by atoms with van der Waals surface area (Å²) in [5.74, 6) is 0.208. The molecule has 0 unspecified atom stereocenters. The van der Waals surface area contributed by atoms with Crippen LogP contribution in [0.2, 0.25) is 0 Å². The minimum atomic E-state index is 0.208. The Labute approximate surface area is 73.5 Å². The van der Waals surface area contributed by atoms with Crippen LogP contribution in [0, 0.1) is 0 Å². The van der Waals surface area contributed by atoms with Crippen LogP contribution in [0.4, 0.5) is 0 Å². The second kappa shape index (κ2) is 6.61. The van der Waals surface area contributed by atoms with Gasteiger partial charge in [0.1, 0.15) is 0 Å². The van der Waals surface area contributed by atoms with Gasteiger partial charge in [0.2, 0.25) is 5.91 Å². The quantitative estimate of drug-likeness (QED) is 0.622. The maximum Gasteiger partial charge on any atom is 0.226 e. The minimum Gasteiger partial charge on any atom is -0.327 e. The van der Waals surface area contributed by atoms with Crippen molar-refractivity contribution in [1.29, 1.82) is 0 Å². The Balaban J connectivity index is 0.000000261. The van der Waals surface area contributed by atoms with Gasteiger partial charge in [-0.05, 0) is 12.6 Å². The van der Waals surface area contributed by atoms with Gasteiger partial charge in [-0.3, -0.25) is 4.79 Å². The fraction of sp³-hybridized carbons (Fsp3) is 0.444. The standard InChI is InChI=1S/C6H9NO.C3H7N/c1-2-7-5-3-4-6(7)8;1-2-3-4/h2H,1,3-5H2;2H,1,3-4H2. The largest absolute Gasteiger partial charge is 0.327 e. The predicted octanol–water partition coefficient (Wildman–Crippen LogP) is 0.883. The third-order valence-electron chi connectivity index (χ3n) is 1.50. The van der Waals surface area contributed by atoms with Crippen LogP contribution in [0.3, 0.4) is 0 Å². The van der Waals surface area contributed by atoms with Crippen LogP contribution in [0.15, 0.2) is 25.4 Å². The molecular weight excluding hydrogens is 152 g/mol. The highest BCUT2D eigenvalue weighted by Crippen LogP contribution is 2.08. The molecule has 3 nitrogen and oxygen atoms in total. The Bertz CT molecular complexity index is 166. The average molecular weight is 168 g/mol. The number of hydrogen-bond donors (Lipinski definition) is 1. The summed E-state index contributed by atoms with van der Waals surface area (Å²) in [6, 6.07) is 0. The summed E-state index contributed by atoms with van der Waals surface area (Å²) in [5.41, 5.74) is 4.91. The summed E-state index contributed by atoms with van der Waals surface area (Å²) in [6.45, 7) is 8.30. The zero-order chi connectivity index (χ0) is 9.40. The summed E-state index contributed by atoms with van der Waals surface area (Å²) >= 11 is 0. The lowest BCUT2D eigenvalue weighted by atomic mass is 10.4. The maximum absolute atomic E-state index is 10.7. The normalized spacial score (nSPS) is 15.1. The van der Waals surface area contributed by atoms with Crippen LogP contribution in [0.1, 0.15) is 12.8 Å². The molecule has 0 radical (unpaired) electrons. The Morgan fingerprint density at radius 2 is 2.17 bits per heavy atom. The van der Waals surface area contributed by atoms with Crippen molar-refractivity contribution in [3.05, 3.63) is 25.4 Å². The van der Waals surface area contributed by atoms with Crippen molar-refractivity contribution in [2.75, 3.05) is 13.1 Å². The smallest absolute Gasteiger partial charge is 0.226 e. The number of nitrogens with zero attached hydrogens (tertiary/aromatic N) is 1. The summed E-state index contributed by atoms with van der Waals surface area (Å²) < 4.78 is 0. The second-order valence-corrected chi connectivity index (χ2v) is 2.40. The molecule has 1 amide bonds. The lowest BCUT2D eigenvalue weighted by molar-refractivity contribution is -0.125. The molecule has 0 aliphatic carbocycles. The lowest BCUT2D eigenvalue weighted by Crippen LogP contribution is -2.16. The fourth-order valence-corrected chi connectivity index (χ4v) is 0.862. The molecule has 12 heavy (non-hydrogen) atoms. The predicted molar refractivity (Wildman–Crippen MR) is 50.4 cm³/mol. The first kappa shape index (κ1) is 10.9. The average Bonchev–Trinajstić information content (AvgIpc) is 2.51. The molecule has 0 atom stereocenters. The van der Waals surface area contributed by atoms with E-state index in [0.717, 1.165) is 13.0 Å². The van der Waals surface area contributed by atoms with E-state index in [1.54, 1.807) is 17.2 Å². The molecule has 68 valence electrons. The van der Waals surface area contributed by atoms with E-state index >= 15 is 0 Å². The van der Waals surface area contributed by atoms with Crippen molar-refractivity contribution in [3.8, 4) is 0 Å². The Kier molecular flexibility index (Phi) is 6.01. The van der Waals surface area contributed by atoms with E-state index in [-0.39, 0.29) is 5.91 Å². The summed E-state index contributed by atoms with van der Waals surface area (Å²) in [5, 5.41) is 0. The molecular formula is C9H16N2O. The Morgan fingerprint density at radius 3 is 2.33 bits per heavy atom. The highest BCUT2D eigenvalue weighted by atomic mass is 16.2. The molecule has 1 heterocycles. The number of rotatable bonds is 2. The van der Waals surface area contributed by atoms with Gasteiger partial charge in [0.15, 0.2) is 0 Å². The first-order valence-electron chi connectivity index (χ1n) is 3.99. The van der Waals surface area contributed by atoms with E-state index in [9.17, 15) is 4.79 Å². The first-order valence-corrected chi connectivity index (χ1v) is 3.99. The Morgan fingerprint density at radius 1 is 1.58 bits per heavy atom. The fourth-order valence-electron chi connectivity index (χ4n) is 0.862. The van der Waals surface area contributed by atoms with Crippen LogP contribution in [-0.4, -0.2) is 23.9 Å². The lowest BCUT2D eigenvalue weighted by Gasteiger charge is -2.05. The van der Waals surface area contributed by atoms with Crippen LogP contribution in [-0.2, 0) is 4.79 Å². The topological polar surface area (TPSA) is 46.3 Å². The van der Waals surface area contributed by atoms with E-state index in [4.69, 9.17) is 5.73 Å². The first-order chi connectivity index (χ1) is 5.76. The van der Waals surface area contributed by atoms with Crippen LogP contribution in [0.5, 0.6) is 0 Å². The maximum atomic E-state index is 10.7. The van der Waals surface area contributed by atoms with Crippen LogP contribution >= 0.6 is 0 Å². The van der Waals surface area contributed by atoms with Crippen molar-refractivity contribution in [3.63, 3.8) is 0 Å². The van der Waals surface area contributed by atoms with Gasteiger partial charge in [0.05, 0.1) is 0 Å². The molecule has 1 rings (SSSR count). The van der Waals surface area contributed by atoms with Crippen molar-refractivity contribution in [1.82, 2.24) is 4.90 Å². The van der Waals surface area contributed by atoms with Crippen molar-refractivity contribution >= 4 is 5.91 Å². The number of amides is 1.